The Balaban J connectivity index is 1.52. The molecule has 118 valence electrons. The zero-order valence-electron chi connectivity index (χ0n) is 12.6. The lowest BCUT2D eigenvalue weighted by atomic mass is 10.1. The van der Waals surface area contributed by atoms with Gasteiger partial charge in [-0.1, -0.05) is 30.3 Å². The highest BCUT2D eigenvalue weighted by Gasteiger charge is 2.27. The van der Waals surface area contributed by atoms with Crippen LogP contribution in [0.5, 0.6) is 11.5 Å². The Labute approximate surface area is 134 Å². The molecule has 2 heterocycles. The van der Waals surface area contributed by atoms with E-state index < -0.39 is 0 Å². The standard InChI is InChI=1S/C18H17NO4/c20-18(14-6-7-15-16(10-14)23-12-22-15)19-8-9-21-17(11-19)13-4-2-1-3-5-13/h1-7,10,17H,8-9,11-12H2. The van der Waals surface area contributed by atoms with E-state index in [1.54, 1.807) is 18.2 Å². The van der Waals surface area contributed by atoms with Gasteiger partial charge in [0, 0.05) is 12.1 Å². The van der Waals surface area contributed by atoms with Crippen molar-refractivity contribution in [3.63, 3.8) is 0 Å². The van der Waals surface area contributed by atoms with E-state index in [-0.39, 0.29) is 18.8 Å². The monoisotopic (exact) mass is 311 g/mol. The summed E-state index contributed by atoms with van der Waals surface area (Å²) in [6.07, 6.45) is -0.0806. The van der Waals surface area contributed by atoms with Gasteiger partial charge in [-0.2, -0.15) is 0 Å². The topological polar surface area (TPSA) is 48.0 Å². The maximum atomic E-state index is 12.8. The van der Waals surface area contributed by atoms with Gasteiger partial charge in [0.1, 0.15) is 6.10 Å². The molecule has 1 unspecified atom stereocenters. The minimum Gasteiger partial charge on any atom is -0.454 e. The number of benzene rings is 2. The molecule has 1 fully saturated rings. The zero-order valence-corrected chi connectivity index (χ0v) is 12.6. The van der Waals surface area contributed by atoms with Crippen LogP contribution in [0.1, 0.15) is 22.0 Å². The average molecular weight is 311 g/mol. The zero-order chi connectivity index (χ0) is 15.6. The van der Waals surface area contributed by atoms with Crippen LogP contribution in [-0.2, 0) is 4.74 Å². The summed E-state index contributed by atoms with van der Waals surface area (Å²) in [6, 6.07) is 15.3. The quantitative estimate of drug-likeness (QED) is 0.855. The molecule has 1 atom stereocenters. The molecule has 1 saturated heterocycles. The van der Waals surface area contributed by atoms with Crippen molar-refractivity contribution in [1.82, 2.24) is 4.90 Å². The highest BCUT2D eigenvalue weighted by Crippen LogP contribution is 2.33. The smallest absolute Gasteiger partial charge is 0.254 e. The number of rotatable bonds is 2. The lowest BCUT2D eigenvalue weighted by Gasteiger charge is -2.33. The molecular formula is C18H17NO4. The summed E-state index contributed by atoms with van der Waals surface area (Å²) in [7, 11) is 0. The molecule has 2 aliphatic rings. The van der Waals surface area contributed by atoms with Gasteiger partial charge >= 0.3 is 0 Å². The SMILES string of the molecule is O=C(c1ccc2c(c1)OCO2)N1CCOC(c2ccccc2)C1. The number of carbonyl (C=O) groups excluding carboxylic acids is 1. The van der Waals surface area contributed by atoms with Crippen molar-refractivity contribution in [1.29, 1.82) is 0 Å². The first-order valence-corrected chi connectivity index (χ1v) is 7.67. The predicted octanol–water partition coefficient (Wildman–Crippen LogP) is 2.63. The fourth-order valence-electron chi connectivity index (χ4n) is 2.92. The molecular weight excluding hydrogens is 294 g/mol. The normalized spacial score (nSPS) is 19.7. The molecule has 0 aromatic heterocycles. The Morgan fingerprint density at radius 3 is 2.74 bits per heavy atom. The number of nitrogens with zero attached hydrogens (tertiary/aromatic N) is 1. The number of ether oxygens (including phenoxy) is 3. The molecule has 4 rings (SSSR count). The first-order valence-electron chi connectivity index (χ1n) is 7.67. The highest BCUT2D eigenvalue weighted by molar-refractivity contribution is 5.95. The summed E-state index contributed by atoms with van der Waals surface area (Å²) in [4.78, 5) is 14.6. The number of morpholine rings is 1. The Morgan fingerprint density at radius 1 is 1.04 bits per heavy atom. The van der Waals surface area contributed by atoms with Crippen LogP contribution in [-0.4, -0.2) is 37.3 Å². The van der Waals surface area contributed by atoms with Crippen LogP contribution in [0.25, 0.3) is 0 Å². The van der Waals surface area contributed by atoms with Crippen LogP contribution in [0.3, 0.4) is 0 Å². The second kappa shape index (κ2) is 5.93. The minimum absolute atomic E-state index is 0.00692. The van der Waals surface area contributed by atoms with Crippen LogP contribution in [0.4, 0.5) is 0 Å². The van der Waals surface area contributed by atoms with Gasteiger partial charge in [-0.05, 0) is 23.8 Å². The summed E-state index contributed by atoms with van der Waals surface area (Å²) >= 11 is 0. The van der Waals surface area contributed by atoms with E-state index in [0.717, 1.165) is 5.56 Å². The second-order valence-electron chi connectivity index (χ2n) is 5.59. The van der Waals surface area contributed by atoms with E-state index in [1.807, 2.05) is 35.2 Å². The molecule has 2 aliphatic heterocycles. The molecule has 0 bridgehead atoms. The molecule has 5 nitrogen and oxygen atoms in total. The van der Waals surface area contributed by atoms with E-state index in [4.69, 9.17) is 14.2 Å². The number of amides is 1. The third kappa shape index (κ3) is 2.75. The Bertz CT molecular complexity index is 716. The summed E-state index contributed by atoms with van der Waals surface area (Å²) in [5.41, 5.74) is 1.71. The Morgan fingerprint density at radius 2 is 1.87 bits per heavy atom. The summed E-state index contributed by atoms with van der Waals surface area (Å²) in [5, 5.41) is 0. The van der Waals surface area contributed by atoms with Crippen molar-refractivity contribution < 1.29 is 19.0 Å². The van der Waals surface area contributed by atoms with Crippen molar-refractivity contribution in [2.45, 2.75) is 6.10 Å². The van der Waals surface area contributed by atoms with Crippen molar-refractivity contribution in [3.05, 3.63) is 59.7 Å². The number of hydrogen-bond acceptors (Lipinski definition) is 4. The van der Waals surface area contributed by atoms with Crippen LogP contribution >= 0.6 is 0 Å². The average Bonchev–Trinajstić information content (AvgIpc) is 3.09. The van der Waals surface area contributed by atoms with Crippen LogP contribution in [0.15, 0.2) is 48.5 Å². The van der Waals surface area contributed by atoms with Gasteiger partial charge in [-0.15, -0.1) is 0 Å². The minimum atomic E-state index is -0.0806. The maximum absolute atomic E-state index is 12.8. The van der Waals surface area contributed by atoms with Gasteiger partial charge in [-0.25, -0.2) is 0 Å². The van der Waals surface area contributed by atoms with Crippen LogP contribution < -0.4 is 9.47 Å². The summed E-state index contributed by atoms with van der Waals surface area (Å²) in [5.74, 6) is 1.31. The fourth-order valence-corrected chi connectivity index (χ4v) is 2.92. The van der Waals surface area contributed by atoms with Crippen molar-refractivity contribution in [2.24, 2.45) is 0 Å². The maximum Gasteiger partial charge on any atom is 0.254 e. The van der Waals surface area contributed by atoms with Gasteiger partial charge in [0.05, 0.1) is 13.2 Å². The van der Waals surface area contributed by atoms with Gasteiger partial charge in [-0.3, -0.25) is 4.79 Å². The summed E-state index contributed by atoms with van der Waals surface area (Å²) in [6.45, 7) is 1.89. The van der Waals surface area contributed by atoms with E-state index in [9.17, 15) is 4.79 Å². The molecule has 0 radical (unpaired) electrons. The highest BCUT2D eigenvalue weighted by atomic mass is 16.7. The fraction of sp³-hybridized carbons (Fsp3) is 0.278. The summed E-state index contributed by atoms with van der Waals surface area (Å²) < 4.78 is 16.5. The van der Waals surface area contributed by atoms with Gasteiger partial charge in [0.25, 0.3) is 5.91 Å². The van der Waals surface area contributed by atoms with Gasteiger partial charge in [0.2, 0.25) is 6.79 Å². The van der Waals surface area contributed by atoms with Crippen LogP contribution in [0.2, 0.25) is 0 Å². The van der Waals surface area contributed by atoms with E-state index in [2.05, 4.69) is 0 Å². The molecule has 1 amide bonds. The number of fused-ring (bicyclic) bond motifs is 1. The molecule has 0 saturated carbocycles. The number of carbonyl (C=O) groups is 1. The number of hydrogen-bond donors (Lipinski definition) is 0. The lowest BCUT2D eigenvalue weighted by Crippen LogP contribution is -2.42. The van der Waals surface area contributed by atoms with Crippen molar-refractivity contribution >= 4 is 5.91 Å². The molecule has 5 heteroatoms. The first-order chi connectivity index (χ1) is 11.3. The molecule has 0 aliphatic carbocycles. The molecule has 0 N–H and O–H groups in total. The van der Waals surface area contributed by atoms with Crippen molar-refractivity contribution in [2.75, 3.05) is 26.5 Å². The third-order valence-corrected chi connectivity index (χ3v) is 4.14. The van der Waals surface area contributed by atoms with Gasteiger partial charge < -0.3 is 19.1 Å². The van der Waals surface area contributed by atoms with Gasteiger partial charge in [0.15, 0.2) is 11.5 Å². The van der Waals surface area contributed by atoms with E-state index in [1.165, 1.54) is 0 Å². The second-order valence-corrected chi connectivity index (χ2v) is 5.59. The third-order valence-electron chi connectivity index (χ3n) is 4.14. The van der Waals surface area contributed by atoms with Crippen molar-refractivity contribution in [3.8, 4) is 11.5 Å². The Hall–Kier alpha value is -2.53. The predicted molar refractivity (Wildman–Crippen MR) is 83.6 cm³/mol. The largest absolute Gasteiger partial charge is 0.454 e. The van der Waals surface area contributed by atoms with Crippen LogP contribution in [0, 0.1) is 0 Å². The molecule has 2 aromatic carbocycles. The molecule has 0 spiro atoms. The van der Waals surface area contributed by atoms with E-state index in [0.29, 0.717) is 36.8 Å². The Kier molecular flexibility index (Phi) is 3.63. The van der Waals surface area contributed by atoms with E-state index >= 15 is 0 Å². The molecule has 2 aromatic rings. The molecule has 23 heavy (non-hydrogen) atoms. The lowest BCUT2D eigenvalue weighted by molar-refractivity contribution is -0.0228. The first kappa shape index (κ1) is 14.1.